The number of hydrogen-bond donors (Lipinski definition) is 1. The third-order valence-electron chi connectivity index (χ3n) is 4.03. The molecule has 3 aromatic rings. The van der Waals surface area contributed by atoms with Crippen LogP contribution in [-0.2, 0) is 17.8 Å². The van der Waals surface area contributed by atoms with Crippen LogP contribution in [0.5, 0.6) is 5.75 Å². The minimum atomic E-state index is -0.333. The van der Waals surface area contributed by atoms with Crippen molar-refractivity contribution >= 4 is 68.9 Å². The highest BCUT2D eigenvalue weighted by Crippen LogP contribution is 2.30. The van der Waals surface area contributed by atoms with E-state index in [1.807, 2.05) is 36.4 Å². The number of rotatable bonds is 7. The van der Waals surface area contributed by atoms with E-state index in [4.69, 9.17) is 16.3 Å². The standard InChI is InChI=1S/C22H16ClFI2N2O2/c23-18-4-2-1-3-16(18)13-30-22-19(25)9-15(10-20(22)26)12-27-28-21(29)11-14-5-7-17(24)8-6-14/h1-10,12H,11,13H2,(H,28,29)/b27-12+. The number of hydrogen-bond acceptors (Lipinski definition) is 3. The van der Waals surface area contributed by atoms with Crippen molar-refractivity contribution < 1.29 is 13.9 Å². The second-order valence-corrected chi connectivity index (χ2v) is 9.02. The van der Waals surface area contributed by atoms with E-state index in [2.05, 4.69) is 55.7 Å². The summed E-state index contributed by atoms with van der Waals surface area (Å²) in [6.45, 7) is 0.374. The molecular formula is C22H16ClFI2N2O2. The lowest BCUT2D eigenvalue weighted by Gasteiger charge is -2.12. The highest BCUT2D eigenvalue weighted by molar-refractivity contribution is 14.1. The van der Waals surface area contributed by atoms with Crippen LogP contribution < -0.4 is 10.2 Å². The van der Waals surface area contributed by atoms with Gasteiger partial charge in [0.2, 0.25) is 5.91 Å². The van der Waals surface area contributed by atoms with Crippen molar-refractivity contribution in [1.82, 2.24) is 5.43 Å². The smallest absolute Gasteiger partial charge is 0.244 e. The van der Waals surface area contributed by atoms with Gasteiger partial charge >= 0.3 is 0 Å². The number of ether oxygens (including phenoxy) is 1. The summed E-state index contributed by atoms with van der Waals surface area (Å²) in [5.41, 5.74) is 4.95. The number of benzene rings is 3. The van der Waals surface area contributed by atoms with E-state index in [1.54, 1.807) is 18.3 Å². The average molecular weight is 649 g/mol. The molecule has 8 heteroatoms. The molecule has 1 N–H and O–H groups in total. The molecule has 0 atom stereocenters. The molecule has 3 rings (SSSR count). The largest absolute Gasteiger partial charge is 0.487 e. The first kappa shape index (κ1) is 23.0. The van der Waals surface area contributed by atoms with Gasteiger partial charge in [0.25, 0.3) is 0 Å². The van der Waals surface area contributed by atoms with Crippen LogP contribution in [0.4, 0.5) is 4.39 Å². The van der Waals surface area contributed by atoms with Crippen LogP contribution >= 0.6 is 56.8 Å². The van der Waals surface area contributed by atoms with Crippen LogP contribution in [0.15, 0.2) is 65.8 Å². The van der Waals surface area contributed by atoms with Gasteiger partial charge in [-0.2, -0.15) is 5.10 Å². The zero-order valence-electron chi connectivity index (χ0n) is 15.5. The van der Waals surface area contributed by atoms with Crippen LogP contribution in [0, 0.1) is 13.0 Å². The normalized spacial score (nSPS) is 10.9. The zero-order chi connectivity index (χ0) is 21.5. The fourth-order valence-corrected chi connectivity index (χ4v) is 4.88. The molecule has 0 radical (unpaired) electrons. The van der Waals surface area contributed by atoms with Gasteiger partial charge in [-0.3, -0.25) is 4.79 Å². The van der Waals surface area contributed by atoms with E-state index in [0.717, 1.165) is 24.0 Å². The fraction of sp³-hybridized carbons (Fsp3) is 0.0909. The van der Waals surface area contributed by atoms with E-state index in [1.165, 1.54) is 12.1 Å². The minimum absolute atomic E-state index is 0.127. The topological polar surface area (TPSA) is 50.7 Å². The van der Waals surface area contributed by atoms with Gasteiger partial charge in [-0.05, 0) is 86.6 Å². The van der Waals surface area contributed by atoms with Gasteiger partial charge < -0.3 is 4.74 Å². The molecule has 154 valence electrons. The number of carbonyl (C=O) groups is 1. The maximum Gasteiger partial charge on any atom is 0.244 e. The molecule has 4 nitrogen and oxygen atoms in total. The molecule has 0 aliphatic carbocycles. The predicted molar refractivity (Wildman–Crippen MR) is 134 cm³/mol. The first-order chi connectivity index (χ1) is 14.4. The van der Waals surface area contributed by atoms with Gasteiger partial charge in [-0.1, -0.05) is 41.9 Å². The molecule has 0 spiro atoms. The molecule has 30 heavy (non-hydrogen) atoms. The summed E-state index contributed by atoms with van der Waals surface area (Å²) in [6.07, 6.45) is 1.70. The second-order valence-electron chi connectivity index (χ2n) is 6.29. The molecule has 0 heterocycles. The first-order valence-electron chi connectivity index (χ1n) is 8.84. The molecule has 1 amide bonds. The Morgan fingerprint density at radius 2 is 1.77 bits per heavy atom. The Labute approximate surface area is 206 Å². The van der Waals surface area contributed by atoms with Crippen LogP contribution in [0.2, 0.25) is 5.02 Å². The van der Waals surface area contributed by atoms with Gasteiger partial charge in [0.15, 0.2) is 0 Å². The van der Waals surface area contributed by atoms with Gasteiger partial charge in [0, 0.05) is 10.6 Å². The predicted octanol–water partition coefficient (Wildman–Crippen LogP) is 5.96. The van der Waals surface area contributed by atoms with E-state index < -0.39 is 0 Å². The Kier molecular flexibility index (Phi) is 8.46. The van der Waals surface area contributed by atoms with Crippen molar-refractivity contribution in [3.05, 3.63) is 95.3 Å². The summed E-state index contributed by atoms with van der Waals surface area (Å²) in [5.74, 6) is 0.163. The summed E-state index contributed by atoms with van der Waals surface area (Å²) >= 11 is 10.6. The van der Waals surface area contributed by atoms with E-state index in [0.29, 0.717) is 17.2 Å². The third kappa shape index (κ3) is 6.64. The molecule has 0 bridgehead atoms. The number of hydrazone groups is 1. The van der Waals surface area contributed by atoms with Crippen molar-refractivity contribution in [1.29, 1.82) is 0 Å². The minimum Gasteiger partial charge on any atom is -0.487 e. The summed E-state index contributed by atoms with van der Waals surface area (Å²) in [6, 6.07) is 17.2. The number of halogens is 4. The molecule has 0 aromatic heterocycles. The number of amides is 1. The van der Waals surface area contributed by atoms with Crippen molar-refractivity contribution in [2.24, 2.45) is 5.10 Å². The second kappa shape index (κ2) is 11.1. The maximum atomic E-state index is 12.9. The molecule has 0 saturated carbocycles. The Hall–Kier alpha value is -1.72. The van der Waals surface area contributed by atoms with Crippen LogP contribution in [0.25, 0.3) is 0 Å². The fourth-order valence-electron chi connectivity index (χ4n) is 2.56. The third-order valence-corrected chi connectivity index (χ3v) is 6.00. The van der Waals surface area contributed by atoms with E-state index in [9.17, 15) is 9.18 Å². The Morgan fingerprint density at radius 1 is 1.10 bits per heavy atom. The maximum absolute atomic E-state index is 12.9. The number of nitrogens with zero attached hydrogens (tertiary/aromatic N) is 1. The Bertz CT molecular complexity index is 1050. The van der Waals surface area contributed by atoms with Gasteiger partial charge in [0.1, 0.15) is 18.2 Å². The van der Waals surface area contributed by atoms with Crippen molar-refractivity contribution in [3.8, 4) is 5.75 Å². The molecule has 0 unspecified atom stereocenters. The van der Waals surface area contributed by atoms with E-state index >= 15 is 0 Å². The monoisotopic (exact) mass is 648 g/mol. The lowest BCUT2D eigenvalue weighted by atomic mass is 10.1. The highest BCUT2D eigenvalue weighted by atomic mass is 127. The van der Waals surface area contributed by atoms with Gasteiger partial charge in [-0.15, -0.1) is 0 Å². The first-order valence-corrected chi connectivity index (χ1v) is 11.4. The molecule has 0 aliphatic heterocycles. The Balaban J connectivity index is 1.59. The zero-order valence-corrected chi connectivity index (χ0v) is 20.6. The summed E-state index contributed by atoms with van der Waals surface area (Å²) < 4.78 is 20.7. The van der Waals surface area contributed by atoms with Gasteiger partial charge in [0.05, 0.1) is 19.8 Å². The van der Waals surface area contributed by atoms with Crippen LogP contribution in [-0.4, -0.2) is 12.1 Å². The molecule has 0 fully saturated rings. The molecule has 0 aliphatic rings. The van der Waals surface area contributed by atoms with Crippen LogP contribution in [0.3, 0.4) is 0 Å². The van der Waals surface area contributed by atoms with E-state index in [-0.39, 0.29) is 18.1 Å². The highest BCUT2D eigenvalue weighted by Gasteiger charge is 2.10. The van der Waals surface area contributed by atoms with Crippen molar-refractivity contribution in [3.63, 3.8) is 0 Å². The summed E-state index contributed by atoms with van der Waals surface area (Å²) in [7, 11) is 0. The lowest BCUT2D eigenvalue weighted by Crippen LogP contribution is -2.19. The molecule has 3 aromatic carbocycles. The van der Waals surface area contributed by atoms with Crippen LogP contribution in [0.1, 0.15) is 16.7 Å². The quantitative estimate of drug-likeness (QED) is 0.195. The number of nitrogens with one attached hydrogen (secondary N) is 1. The molecule has 0 saturated heterocycles. The lowest BCUT2D eigenvalue weighted by molar-refractivity contribution is -0.120. The summed E-state index contributed by atoms with van der Waals surface area (Å²) in [5, 5.41) is 4.68. The number of carbonyl (C=O) groups excluding carboxylic acids is 1. The average Bonchev–Trinajstić information content (AvgIpc) is 2.70. The Morgan fingerprint density at radius 3 is 2.43 bits per heavy atom. The van der Waals surface area contributed by atoms with Crippen molar-refractivity contribution in [2.75, 3.05) is 0 Å². The SMILES string of the molecule is O=C(Cc1ccc(F)cc1)N/N=C/c1cc(I)c(OCc2ccccc2Cl)c(I)c1. The van der Waals surface area contributed by atoms with Gasteiger partial charge in [-0.25, -0.2) is 9.82 Å². The van der Waals surface area contributed by atoms with Crippen molar-refractivity contribution in [2.45, 2.75) is 13.0 Å². The molecular weight excluding hydrogens is 633 g/mol. The summed E-state index contributed by atoms with van der Waals surface area (Å²) in [4.78, 5) is 12.0.